The third-order valence-corrected chi connectivity index (χ3v) is 4.33. The number of benzene rings is 1. The van der Waals surface area contributed by atoms with Crippen molar-refractivity contribution in [3.05, 3.63) is 23.8 Å². The zero-order valence-electron chi connectivity index (χ0n) is 11.5. The molecule has 0 aliphatic rings. The van der Waals surface area contributed by atoms with Crippen LogP contribution < -0.4 is 10.5 Å². The second-order valence-corrected chi connectivity index (χ2v) is 6.24. The molecule has 0 radical (unpaired) electrons. The Bertz CT molecular complexity index is 501. The summed E-state index contributed by atoms with van der Waals surface area (Å²) in [5.74, 6) is 0. The highest BCUT2D eigenvalue weighted by Gasteiger charge is 2.13. The van der Waals surface area contributed by atoms with Gasteiger partial charge >= 0.3 is 0 Å². The maximum atomic E-state index is 12.0. The molecule has 0 aliphatic carbocycles. The van der Waals surface area contributed by atoms with Gasteiger partial charge in [-0.25, -0.2) is 13.1 Å². The summed E-state index contributed by atoms with van der Waals surface area (Å²) in [4.78, 5) is 0.260. The highest BCUT2D eigenvalue weighted by molar-refractivity contribution is 7.89. The highest BCUT2D eigenvalue weighted by Crippen LogP contribution is 2.16. The predicted octanol–water partition coefficient (Wildman–Crippen LogP) is 1.67. The van der Waals surface area contributed by atoms with Crippen LogP contribution in [0.25, 0.3) is 0 Å². The van der Waals surface area contributed by atoms with Crippen molar-refractivity contribution in [1.82, 2.24) is 4.72 Å². The molecule has 1 aromatic rings. The molecule has 0 saturated carbocycles. The van der Waals surface area contributed by atoms with E-state index in [0.717, 1.165) is 24.8 Å². The summed E-state index contributed by atoms with van der Waals surface area (Å²) in [5, 5.41) is 0. The van der Waals surface area contributed by atoms with E-state index in [-0.39, 0.29) is 4.90 Å². The number of methoxy groups -OCH3 is 1. The molecule has 0 saturated heterocycles. The van der Waals surface area contributed by atoms with E-state index in [0.29, 0.717) is 18.8 Å². The average molecular weight is 286 g/mol. The Hall–Kier alpha value is -1.11. The van der Waals surface area contributed by atoms with Crippen molar-refractivity contribution in [2.45, 2.75) is 31.1 Å². The second kappa shape index (κ2) is 7.47. The molecule has 0 aliphatic heterocycles. The molecule has 19 heavy (non-hydrogen) atoms. The molecular weight excluding hydrogens is 264 g/mol. The van der Waals surface area contributed by atoms with Crippen LogP contribution in [0, 0.1) is 6.92 Å². The summed E-state index contributed by atoms with van der Waals surface area (Å²) in [5.41, 5.74) is 7.04. The van der Waals surface area contributed by atoms with Gasteiger partial charge in [-0.1, -0.05) is 0 Å². The summed E-state index contributed by atoms with van der Waals surface area (Å²) in [6.07, 6.45) is 2.69. The van der Waals surface area contributed by atoms with Gasteiger partial charge in [0.15, 0.2) is 0 Å². The number of nitrogen functional groups attached to an aromatic ring is 1. The molecule has 1 rings (SSSR count). The van der Waals surface area contributed by atoms with Crippen molar-refractivity contribution in [2.75, 3.05) is 26.0 Å². The zero-order chi connectivity index (χ0) is 14.3. The normalized spacial score (nSPS) is 11.7. The van der Waals surface area contributed by atoms with E-state index < -0.39 is 10.0 Å². The van der Waals surface area contributed by atoms with Gasteiger partial charge in [0.05, 0.1) is 4.90 Å². The van der Waals surface area contributed by atoms with E-state index in [4.69, 9.17) is 10.5 Å². The van der Waals surface area contributed by atoms with E-state index in [1.807, 2.05) is 0 Å². The Morgan fingerprint density at radius 1 is 1.26 bits per heavy atom. The summed E-state index contributed by atoms with van der Waals surface area (Å²) in [6.45, 7) is 2.94. The first-order chi connectivity index (χ1) is 8.97. The van der Waals surface area contributed by atoms with E-state index in [1.165, 1.54) is 6.07 Å². The number of hydrogen-bond acceptors (Lipinski definition) is 4. The number of anilines is 1. The monoisotopic (exact) mass is 286 g/mol. The van der Waals surface area contributed by atoms with Gasteiger partial charge < -0.3 is 10.5 Å². The van der Waals surface area contributed by atoms with Crippen molar-refractivity contribution in [2.24, 2.45) is 0 Å². The summed E-state index contributed by atoms with van der Waals surface area (Å²) < 4.78 is 31.5. The number of nitrogens with one attached hydrogen (secondary N) is 1. The summed E-state index contributed by atoms with van der Waals surface area (Å²) in [6, 6.07) is 4.72. The molecule has 108 valence electrons. The van der Waals surface area contributed by atoms with Gasteiger partial charge in [-0.2, -0.15) is 0 Å². The van der Waals surface area contributed by atoms with Gasteiger partial charge in [-0.15, -0.1) is 0 Å². The third kappa shape index (κ3) is 5.18. The highest BCUT2D eigenvalue weighted by atomic mass is 32.2. The van der Waals surface area contributed by atoms with Crippen molar-refractivity contribution in [1.29, 1.82) is 0 Å². The van der Waals surface area contributed by atoms with Crippen molar-refractivity contribution in [3.8, 4) is 0 Å². The summed E-state index contributed by atoms with van der Waals surface area (Å²) in [7, 11) is -1.77. The molecule has 0 fully saturated rings. The van der Waals surface area contributed by atoms with E-state index in [2.05, 4.69) is 4.72 Å². The molecule has 0 atom stereocenters. The average Bonchev–Trinajstić information content (AvgIpc) is 2.36. The van der Waals surface area contributed by atoms with E-state index in [1.54, 1.807) is 26.2 Å². The van der Waals surface area contributed by atoms with Gasteiger partial charge in [0.1, 0.15) is 0 Å². The topological polar surface area (TPSA) is 81.4 Å². The lowest BCUT2D eigenvalue weighted by Gasteiger charge is -2.08. The minimum Gasteiger partial charge on any atom is -0.399 e. The molecular formula is C13H22N2O3S. The molecule has 3 N–H and O–H groups in total. The van der Waals surface area contributed by atoms with Crippen LogP contribution in [0.15, 0.2) is 23.1 Å². The quantitative estimate of drug-likeness (QED) is 0.562. The smallest absolute Gasteiger partial charge is 0.240 e. The lowest BCUT2D eigenvalue weighted by molar-refractivity contribution is 0.192. The molecule has 5 nitrogen and oxygen atoms in total. The Morgan fingerprint density at radius 2 is 2.00 bits per heavy atom. The number of rotatable bonds is 8. The zero-order valence-corrected chi connectivity index (χ0v) is 12.3. The number of unbranched alkanes of at least 4 members (excludes halogenated alkanes) is 2. The minimum absolute atomic E-state index is 0.260. The maximum absolute atomic E-state index is 12.0. The number of ether oxygens (including phenoxy) is 1. The Morgan fingerprint density at radius 3 is 2.63 bits per heavy atom. The molecule has 0 aromatic heterocycles. The van der Waals surface area contributed by atoms with Crippen LogP contribution in [-0.2, 0) is 14.8 Å². The fourth-order valence-electron chi connectivity index (χ4n) is 1.65. The summed E-state index contributed by atoms with van der Waals surface area (Å²) >= 11 is 0. The van der Waals surface area contributed by atoms with Crippen molar-refractivity contribution in [3.63, 3.8) is 0 Å². The first kappa shape index (κ1) is 15.9. The van der Waals surface area contributed by atoms with Gasteiger partial charge in [-0.05, 0) is 49.9 Å². The fraction of sp³-hybridized carbons (Fsp3) is 0.538. The lowest BCUT2D eigenvalue weighted by atomic mass is 10.2. The van der Waals surface area contributed by atoms with Gasteiger partial charge in [0, 0.05) is 25.9 Å². The van der Waals surface area contributed by atoms with Crippen LogP contribution in [0.4, 0.5) is 5.69 Å². The largest absolute Gasteiger partial charge is 0.399 e. The lowest BCUT2D eigenvalue weighted by Crippen LogP contribution is -2.25. The first-order valence-corrected chi connectivity index (χ1v) is 7.80. The van der Waals surface area contributed by atoms with Crippen LogP contribution in [0.1, 0.15) is 24.8 Å². The second-order valence-electron chi connectivity index (χ2n) is 4.47. The number of hydrogen-bond donors (Lipinski definition) is 2. The number of sulfonamides is 1. The molecule has 0 spiro atoms. The van der Waals surface area contributed by atoms with Gasteiger partial charge in [0.2, 0.25) is 10.0 Å². The van der Waals surface area contributed by atoms with Crippen LogP contribution in [0.3, 0.4) is 0 Å². The number of nitrogens with two attached hydrogens (primary N) is 1. The van der Waals surface area contributed by atoms with Gasteiger partial charge in [0.25, 0.3) is 0 Å². The Balaban J connectivity index is 2.49. The van der Waals surface area contributed by atoms with Crippen molar-refractivity contribution >= 4 is 15.7 Å². The molecule has 0 unspecified atom stereocenters. The Kier molecular flexibility index (Phi) is 6.27. The molecule has 1 aromatic carbocycles. The standard InChI is InChI=1S/C13H22N2O3S/c1-11-10-12(6-7-13(11)14)19(16,17)15-8-4-3-5-9-18-2/h6-7,10,15H,3-5,8-9,14H2,1-2H3. The molecule has 0 bridgehead atoms. The fourth-order valence-corrected chi connectivity index (χ4v) is 2.81. The van der Waals surface area contributed by atoms with Crippen LogP contribution in [0.2, 0.25) is 0 Å². The van der Waals surface area contributed by atoms with Crippen LogP contribution in [-0.4, -0.2) is 28.7 Å². The van der Waals surface area contributed by atoms with E-state index in [9.17, 15) is 8.42 Å². The molecule has 0 amide bonds. The van der Waals surface area contributed by atoms with Crippen LogP contribution >= 0.6 is 0 Å². The first-order valence-electron chi connectivity index (χ1n) is 6.32. The SMILES string of the molecule is COCCCCCNS(=O)(=O)c1ccc(N)c(C)c1. The third-order valence-electron chi connectivity index (χ3n) is 2.87. The van der Waals surface area contributed by atoms with Crippen LogP contribution in [0.5, 0.6) is 0 Å². The number of aryl methyl sites for hydroxylation is 1. The van der Waals surface area contributed by atoms with Gasteiger partial charge in [-0.3, -0.25) is 0 Å². The van der Waals surface area contributed by atoms with E-state index >= 15 is 0 Å². The predicted molar refractivity (Wildman–Crippen MR) is 76.5 cm³/mol. The minimum atomic E-state index is -3.43. The molecule has 0 heterocycles. The maximum Gasteiger partial charge on any atom is 0.240 e. The Labute approximate surface area is 115 Å². The molecule has 6 heteroatoms. The van der Waals surface area contributed by atoms with Crippen molar-refractivity contribution < 1.29 is 13.2 Å².